The molecule has 132 valence electrons. The number of hydrogen-bond donors (Lipinski definition) is 1. The number of para-hydroxylation sites is 1. The van der Waals surface area contributed by atoms with E-state index in [2.05, 4.69) is 5.32 Å². The van der Waals surface area contributed by atoms with Crippen LogP contribution >= 0.6 is 0 Å². The van der Waals surface area contributed by atoms with Crippen LogP contribution in [0.25, 0.3) is 0 Å². The van der Waals surface area contributed by atoms with Gasteiger partial charge in [-0.3, -0.25) is 9.59 Å². The van der Waals surface area contributed by atoms with Crippen molar-refractivity contribution in [1.82, 2.24) is 0 Å². The number of rotatable bonds is 5. The fraction of sp³-hybridized carbons (Fsp3) is 0.222. The Morgan fingerprint density at radius 3 is 1.96 bits per heavy atom. The molecule has 0 unspecified atom stereocenters. The summed E-state index contributed by atoms with van der Waals surface area (Å²) in [7, 11) is 3.77. The third-order valence-corrected chi connectivity index (χ3v) is 3.59. The summed E-state index contributed by atoms with van der Waals surface area (Å²) in [5.74, 6) is -2.81. The van der Waals surface area contributed by atoms with Crippen molar-refractivity contribution in [3.63, 3.8) is 0 Å². The first-order valence-corrected chi connectivity index (χ1v) is 7.59. The van der Waals surface area contributed by atoms with Crippen molar-refractivity contribution < 1.29 is 18.4 Å². The molecule has 0 aliphatic rings. The summed E-state index contributed by atoms with van der Waals surface area (Å²) >= 11 is 0. The lowest BCUT2D eigenvalue weighted by molar-refractivity contribution is -0.120. The summed E-state index contributed by atoms with van der Waals surface area (Å²) in [6, 6.07) is 10.3. The molecule has 25 heavy (non-hydrogen) atoms. The summed E-state index contributed by atoms with van der Waals surface area (Å²) < 4.78 is 27.2. The minimum absolute atomic E-state index is 0.357. The predicted octanol–water partition coefficient (Wildman–Crippen LogP) is 3.02. The van der Waals surface area contributed by atoms with Crippen LogP contribution in [0.4, 0.5) is 25.8 Å². The van der Waals surface area contributed by atoms with Crippen molar-refractivity contribution in [2.75, 3.05) is 35.8 Å². The van der Waals surface area contributed by atoms with Crippen molar-refractivity contribution in [3.8, 4) is 0 Å². The highest BCUT2D eigenvalue weighted by molar-refractivity contribution is 6.01. The Bertz CT molecular complexity index is 756. The van der Waals surface area contributed by atoms with Gasteiger partial charge in [0.25, 0.3) is 0 Å². The van der Waals surface area contributed by atoms with Crippen LogP contribution in [0.2, 0.25) is 0 Å². The Labute approximate surface area is 144 Å². The third-order valence-electron chi connectivity index (χ3n) is 3.59. The Hall–Kier alpha value is -2.96. The smallest absolute Gasteiger partial charge is 0.244 e. The SMILES string of the molecule is CC(=O)N(CC(=O)Nc1c(F)cccc1F)c1ccc(N(C)C)cc1. The lowest BCUT2D eigenvalue weighted by Crippen LogP contribution is -2.37. The minimum Gasteiger partial charge on any atom is -0.378 e. The largest absolute Gasteiger partial charge is 0.378 e. The standard InChI is InChI=1S/C18H19F2N3O2/c1-12(24)23(14-9-7-13(8-10-14)22(2)3)11-17(25)21-18-15(19)5-4-6-16(18)20/h4-10H,11H2,1-3H3,(H,21,25). The molecule has 0 heterocycles. The number of nitrogens with zero attached hydrogens (tertiary/aromatic N) is 2. The zero-order chi connectivity index (χ0) is 18.6. The molecule has 2 amide bonds. The minimum atomic E-state index is -0.877. The van der Waals surface area contributed by atoms with Crippen LogP contribution in [-0.2, 0) is 9.59 Å². The van der Waals surface area contributed by atoms with E-state index in [1.54, 1.807) is 24.3 Å². The second-order valence-electron chi connectivity index (χ2n) is 5.66. The normalized spacial score (nSPS) is 10.3. The van der Waals surface area contributed by atoms with Crippen LogP contribution in [-0.4, -0.2) is 32.5 Å². The maximum Gasteiger partial charge on any atom is 0.244 e. The molecule has 0 bridgehead atoms. The summed E-state index contributed by atoms with van der Waals surface area (Å²) in [4.78, 5) is 27.1. The second-order valence-corrected chi connectivity index (χ2v) is 5.66. The lowest BCUT2D eigenvalue weighted by Gasteiger charge is -2.22. The first-order valence-electron chi connectivity index (χ1n) is 7.59. The van der Waals surface area contributed by atoms with Crippen LogP contribution in [0.1, 0.15) is 6.92 Å². The Kier molecular flexibility index (Phi) is 5.69. The van der Waals surface area contributed by atoms with Crippen LogP contribution in [0, 0.1) is 11.6 Å². The van der Waals surface area contributed by atoms with Gasteiger partial charge in [-0.25, -0.2) is 8.78 Å². The molecule has 0 atom stereocenters. The van der Waals surface area contributed by atoms with Gasteiger partial charge in [-0.1, -0.05) is 6.07 Å². The molecule has 2 aromatic rings. The first-order chi connectivity index (χ1) is 11.8. The molecule has 0 aliphatic carbocycles. The molecule has 7 heteroatoms. The second kappa shape index (κ2) is 7.74. The number of nitrogens with one attached hydrogen (secondary N) is 1. The summed E-state index contributed by atoms with van der Waals surface area (Å²) in [6.07, 6.45) is 0. The van der Waals surface area contributed by atoms with Crippen LogP contribution in [0.5, 0.6) is 0 Å². The highest BCUT2D eigenvalue weighted by Crippen LogP contribution is 2.21. The van der Waals surface area contributed by atoms with Gasteiger partial charge >= 0.3 is 0 Å². The fourth-order valence-corrected chi connectivity index (χ4v) is 2.25. The molecule has 2 rings (SSSR count). The molecule has 0 saturated heterocycles. The first kappa shape index (κ1) is 18.4. The number of hydrogen-bond acceptors (Lipinski definition) is 3. The van der Waals surface area contributed by atoms with E-state index in [4.69, 9.17) is 0 Å². The Morgan fingerprint density at radius 2 is 1.48 bits per heavy atom. The number of carbonyl (C=O) groups is 2. The molecule has 5 nitrogen and oxygen atoms in total. The van der Waals surface area contributed by atoms with E-state index < -0.39 is 23.2 Å². The average molecular weight is 347 g/mol. The fourth-order valence-electron chi connectivity index (χ4n) is 2.25. The maximum absolute atomic E-state index is 13.6. The van der Waals surface area contributed by atoms with Crippen LogP contribution < -0.4 is 15.1 Å². The number of carbonyl (C=O) groups excluding carboxylic acids is 2. The molecule has 0 aliphatic heterocycles. The summed E-state index contributed by atoms with van der Waals surface area (Å²) in [5, 5.41) is 2.17. The molecule has 1 N–H and O–H groups in total. The molecule has 0 spiro atoms. The quantitative estimate of drug-likeness (QED) is 0.905. The Balaban J connectivity index is 2.16. The van der Waals surface area contributed by atoms with Gasteiger partial charge in [-0.2, -0.15) is 0 Å². The van der Waals surface area contributed by atoms with Crippen molar-refractivity contribution in [2.45, 2.75) is 6.92 Å². The average Bonchev–Trinajstić information content (AvgIpc) is 2.56. The monoisotopic (exact) mass is 347 g/mol. The van der Waals surface area contributed by atoms with Gasteiger partial charge in [0.2, 0.25) is 11.8 Å². The summed E-state index contributed by atoms with van der Waals surface area (Å²) in [6.45, 7) is 0.960. The van der Waals surface area contributed by atoms with E-state index >= 15 is 0 Å². The van der Waals surface area contributed by atoms with Gasteiger partial charge in [-0.05, 0) is 36.4 Å². The van der Waals surface area contributed by atoms with E-state index in [-0.39, 0.29) is 12.5 Å². The lowest BCUT2D eigenvalue weighted by atomic mass is 10.2. The molecular formula is C18H19F2N3O2. The highest BCUT2D eigenvalue weighted by atomic mass is 19.1. The van der Waals surface area contributed by atoms with Gasteiger partial charge in [0.1, 0.15) is 23.9 Å². The maximum atomic E-state index is 13.6. The zero-order valence-electron chi connectivity index (χ0n) is 14.2. The molecule has 0 radical (unpaired) electrons. The van der Waals surface area contributed by atoms with Crippen molar-refractivity contribution in [2.24, 2.45) is 0 Å². The van der Waals surface area contributed by atoms with E-state index in [1.807, 2.05) is 19.0 Å². The number of benzene rings is 2. The molecular weight excluding hydrogens is 328 g/mol. The number of halogens is 2. The van der Waals surface area contributed by atoms with Crippen molar-refractivity contribution in [3.05, 3.63) is 54.1 Å². The number of amides is 2. The number of anilines is 3. The molecule has 0 aromatic heterocycles. The zero-order valence-corrected chi connectivity index (χ0v) is 14.2. The van der Waals surface area contributed by atoms with Gasteiger partial charge in [-0.15, -0.1) is 0 Å². The molecule has 2 aromatic carbocycles. The van der Waals surface area contributed by atoms with Crippen LogP contribution in [0.3, 0.4) is 0 Å². The molecule has 0 saturated carbocycles. The van der Waals surface area contributed by atoms with Gasteiger partial charge in [0.05, 0.1) is 0 Å². The van der Waals surface area contributed by atoms with E-state index in [1.165, 1.54) is 17.9 Å². The topological polar surface area (TPSA) is 52.7 Å². The van der Waals surface area contributed by atoms with Gasteiger partial charge < -0.3 is 15.1 Å². The van der Waals surface area contributed by atoms with E-state index in [0.717, 1.165) is 17.8 Å². The third kappa shape index (κ3) is 4.53. The Morgan fingerprint density at radius 1 is 0.960 bits per heavy atom. The van der Waals surface area contributed by atoms with Gasteiger partial charge in [0.15, 0.2) is 0 Å². The summed E-state index contributed by atoms with van der Waals surface area (Å²) in [5.41, 5.74) is 0.923. The van der Waals surface area contributed by atoms with Crippen molar-refractivity contribution in [1.29, 1.82) is 0 Å². The van der Waals surface area contributed by atoms with Gasteiger partial charge in [0, 0.05) is 32.4 Å². The van der Waals surface area contributed by atoms with Crippen molar-refractivity contribution >= 4 is 28.9 Å². The van der Waals surface area contributed by atoms with E-state index in [0.29, 0.717) is 5.69 Å². The van der Waals surface area contributed by atoms with Crippen LogP contribution in [0.15, 0.2) is 42.5 Å². The highest BCUT2D eigenvalue weighted by Gasteiger charge is 2.18. The molecule has 0 fully saturated rings. The van der Waals surface area contributed by atoms with E-state index in [9.17, 15) is 18.4 Å². The predicted molar refractivity (Wildman–Crippen MR) is 93.8 cm³/mol.